The number of halogens is 3. The van der Waals surface area contributed by atoms with Crippen LogP contribution in [0.4, 0.5) is 8.78 Å². The Labute approximate surface area is 177 Å². The molecule has 30 heavy (non-hydrogen) atoms. The average Bonchev–Trinajstić information content (AvgIpc) is 2.70. The van der Waals surface area contributed by atoms with Crippen molar-refractivity contribution in [1.29, 1.82) is 0 Å². The van der Waals surface area contributed by atoms with Gasteiger partial charge in [-0.15, -0.1) is 0 Å². The summed E-state index contributed by atoms with van der Waals surface area (Å²) in [4.78, 5) is 25.0. The number of ether oxygens (including phenoxy) is 2. The van der Waals surface area contributed by atoms with Gasteiger partial charge in [0.2, 0.25) is 5.91 Å². The Morgan fingerprint density at radius 3 is 2.47 bits per heavy atom. The van der Waals surface area contributed by atoms with E-state index in [1.165, 1.54) is 0 Å². The highest BCUT2D eigenvalue weighted by Gasteiger charge is 2.27. The first-order valence-electron chi connectivity index (χ1n) is 9.38. The van der Waals surface area contributed by atoms with E-state index < -0.39 is 35.1 Å². The number of benzene rings is 2. The number of hydrogen-bond acceptors (Lipinski definition) is 4. The van der Waals surface area contributed by atoms with Crippen molar-refractivity contribution >= 4 is 23.4 Å². The molecule has 1 atom stereocenters. The summed E-state index contributed by atoms with van der Waals surface area (Å²) in [6, 6.07) is 5.48. The molecule has 1 heterocycles. The van der Waals surface area contributed by atoms with E-state index in [9.17, 15) is 18.4 Å². The second kappa shape index (κ2) is 9.30. The zero-order valence-corrected chi connectivity index (χ0v) is 17.2. The van der Waals surface area contributed by atoms with Gasteiger partial charge in [-0.1, -0.05) is 31.5 Å². The number of fused-ring (bicyclic) bond motifs is 1. The summed E-state index contributed by atoms with van der Waals surface area (Å²) in [6.07, 6.45) is 0. The predicted octanol–water partition coefficient (Wildman–Crippen LogP) is 3.46. The van der Waals surface area contributed by atoms with Crippen molar-refractivity contribution in [2.45, 2.75) is 26.4 Å². The molecule has 1 aliphatic rings. The molecule has 0 fully saturated rings. The maximum Gasteiger partial charge on any atom is 0.257 e. The number of amides is 2. The van der Waals surface area contributed by atoms with Crippen LogP contribution in [0.2, 0.25) is 5.02 Å². The minimum Gasteiger partial charge on any atom is -0.486 e. The molecule has 0 saturated heterocycles. The van der Waals surface area contributed by atoms with Crippen LogP contribution in [0.25, 0.3) is 0 Å². The fraction of sp³-hybridized carbons (Fsp3) is 0.333. The first kappa shape index (κ1) is 21.8. The Morgan fingerprint density at radius 2 is 1.80 bits per heavy atom. The van der Waals surface area contributed by atoms with Crippen molar-refractivity contribution in [3.8, 4) is 11.5 Å². The van der Waals surface area contributed by atoms with E-state index in [2.05, 4.69) is 10.6 Å². The molecule has 0 radical (unpaired) electrons. The SMILES string of the molecule is CC(C)C(NC(=O)c1c(F)cccc1F)C(=O)NCc1cc(Cl)c2c(c1)OCCO2. The normalized spacial score (nSPS) is 13.7. The summed E-state index contributed by atoms with van der Waals surface area (Å²) in [5, 5.41) is 5.48. The number of nitrogens with one attached hydrogen (secondary N) is 2. The lowest BCUT2D eigenvalue weighted by atomic mass is 10.0. The van der Waals surface area contributed by atoms with Crippen LogP contribution < -0.4 is 20.1 Å². The summed E-state index contributed by atoms with van der Waals surface area (Å²) in [7, 11) is 0. The molecule has 2 aromatic rings. The predicted molar refractivity (Wildman–Crippen MR) is 107 cm³/mol. The van der Waals surface area contributed by atoms with Gasteiger partial charge in [-0.2, -0.15) is 0 Å². The minimum absolute atomic E-state index is 0.113. The zero-order chi connectivity index (χ0) is 21.8. The molecule has 0 spiro atoms. The molecule has 2 aromatic carbocycles. The van der Waals surface area contributed by atoms with Crippen molar-refractivity contribution in [2.24, 2.45) is 5.92 Å². The molecule has 0 aliphatic carbocycles. The average molecular weight is 439 g/mol. The van der Waals surface area contributed by atoms with Crippen molar-refractivity contribution in [3.05, 3.63) is 58.1 Å². The van der Waals surface area contributed by atoms with Crippen LogP contribution in [0.5, 0.6) is 11.5 Å². The Kier molecular flexibility index (Phi) is 6.77. The van der Waals surface area contributed by atoms with Gasteiger partial charge >= 0.3 is 0 Å². The van der Waals surface area contributed by atoms with Gasteiger partial charge in [0.1, 0.15) is 36.5 Å². The van der Waals surface area contributed by atoms with Crippen LogP contribution in [0, 0.1) is 17.6 Å². The summed E-state index contributed by atoms with van der Waals surface area (Å²) in [6.45, 7) is 4.34. The molecular formula is C21H21ClF2N2O4. The van der Waals surface area contributed by atoms with Gasteiger partial charge in [0.05, 0.1) is 5.02 Å². The fourth-order valence-corrected chi connectivity index (χ4v) is 3.32. The molecule has 1 aliphatic heterocycles. The Bertz CT molecular complexity index is 948. The van der Waals surface area contributed by atoms with E-state index in [1.54, 1.807) is 26.0 Å². The van der Waals surface area contributed by atoms with Crippen molar-refractivity contribution in [1.82, 2.24) is 10.6 Å². The molecule has 2 N–H and O–H groups in total. The van der Waals surface area contributed by atoms with Crippen LogP contribution in [-0.4, -0.2) is 31.1 Å². The highest BCUT2D eigenvalue weighted by molar-refractivity contribution is 6.32. The second-order valence-corrected chi connectivity index (χ2v) is 7.52. The number of hydrogen-bond donors (Lipinski definition) is 2. The molecule has 160 valence electrons. The lowest BCUT2D eigenvalue weighted by Gasteiger charge is -2.23. The van der Waals surface area contributed by atoms with Crippen LogP contribution >= 0.6 is 11.6 Å². The van der Waals surface area contributed by atoms with Crippen LogP contribution in [0.15, 0.2) is 30.3 Å². The lowest BCUT2D eigenvalue weighted by molar-refractivity contribution is -0.124. The standard InChI is InChI=1S/C21H21ClF2N2O4/c1-11(2)18(26-20(27)17-14(23)4-3-5-15(17)24)21(28)25-10-12-8-13(22)19-16(9-12)29-6-7-30-19/h3-5,8-9,11,18H,6-7,10H2,1-2H3,(H,25,28)(H,26,27). The van der Waals surface area contributed by atoms with E-state index in [1.807, 2.05) is 0 Å². The molecule has 0 saturated carbocycles. The van der Waals surface area contributed by atoms with Gasteiger partial charge in [-0.25, -0.2) is 8.78 Å². The van der Waals surface area contributed by atoms with Gasteiger partial charge in [0.15, 0.2) is 11.5 Å². The van der Waals surface area contributed by atoms with E-state index >= 15 is 0 Å². The van der Waals surface area contributed by atoms with Gasteiger partial charge in [-0.05, 0) is 35.7 Å². The zero-order valence-electron chi connectivity index (χ0n) is 16.4. The Hall–Kier alpha value is -2.87. The number of rotatable bonds is 6. The quantitative estimate of drug-likeness (QED) is 0.724. The number of carbonyl (C=O) groups excluding carboxylic acids is 2. The maximum absolute atomic E-state index is 13.9. The smallest absolute Gasteiger partial charge is 0.257 e. The van der Waals surface area contributed by atoms with Gasteiger partial charge in [0.25, 0.3) is 5.91 Å². The van der Waals surface area contributed by atoms with Crippen LogP contribution in [0.3, 0.4) is 0 Å². The third-order valence-corrected chi connectivity index (χ3v) is 4.83. The highest BCUT2D eigenvalue weighted by Crippen LogP contribution is 2.38. The maximum atomic E-state index is 13.9. The summed E-state index contributed by atoms with van der Waals surface area (Å²) in [5.74, 6) is -2.88. The highest BCUT2D eigenvalue weighted by atomic mass is 35.5. The van der Waals surface area contributed by atoms with Crippen LogP contribution in [0.1, 0.15) is 29.8 Å². The molecule has 0 aromatic heterocycles. The first-order chi connectivity index (χ1) is 14.3. The largest absolute Gasteiger partial charge is 0.486 e. The first-order valence-corrected chi connectivity index (χ1v) is 9.76. The van der Waals surface area contributed by atoms with E-state index in [0.717, 1.165) is 18.2 Å². The Balaban J connectivity index is 1.69. The molecule has 3 rings (SSSR count). The molecular weight excluding hydrogens is 418 g/mol. The molecule has 1 unspecified atom stereocenters. The van der Waals surface area contributed by atoms with E-state index in [4.69, 9.17) is 21.1 Å². The topological polar surface area (TPSA) is 76.7 Å². The Morgan fingerprint density at radius 1 is 1.13 bits per heavy atom. The second-order valence-electron chi connectivity index (χ2n) is 7.11. The van der Waals surface area contributed by atoms with Crippen LogP contribution in [-0.2, 0) is 11.3 Å². The summed E-state index contributed by atoms with van der Waals surface area (Å²) in [5.41, 5.74) is -0.0545. The van der Waals surface area contributed by atoms with Crippen molar-refractivity contribution < 1.29 is 27.8 Å². The molecule has 6 nitrogen and oxygen atoms in total. The summed E-state index contributed by atoms with van der Waals surface area (Å²) >= 11 is 6.20. The van der Waals surface area contributed by atoms with Crippen molar-refractivity contribution in [2.75, 3.05) is 13.2 Å². The molecule has 9 heteroatoms. The van der Waals surface area contributed by atoms with E-state index in [-0.39, 0.29) is 12.5 Å². The van der Waals surface area contributed by atoms with Gasteiger partial charge in [0, 0.05) is 6.54 Å². The van der Waals surface area contributed by atoms with Gasteiger partial charge < -0.3 is 20.1 Å². The molecule has 0 bridgehead atoms. The fourth-order valence-electron chi connectivity index (χ4n) is 3.03. The van der Waals surface area contributed by atoms with Gasteiger partial charge in [-0.3, -0.25) is 9.59 Å². The minimum atomic E-state index is -0.999. The third-order valence-electron chi connectivity index (χ3n) is 4.55. The lowest BCUT2D eigenvalue weighted by Crippen LogP contribution is -2.49. The van der Waals surface area contributed by atoms with E-state index in [0.29, 0.717) is 35.3 Å². The third kappa shape index (κ3) is 4.81. The summed E-state index contributed by atoms with van der Waals surface area (Å²) < 4.78 is 38.7. The molecule has 2 amide bonds. The number of carbonyl (C=O) groups is 2. The monoisotopic (exact) mass is 438 g/mol. The van der Waals surface area contributed by atoms with Crippen molar-refractivity contribution in [3.63, 3.8) is 0 Å².